The van der Waals surface area contributed by atoms with Crippen LogP contribution < -0.4 is 4.90 Å². The monoisotopic (exact) mass is 546 g/mol. The number of carbonyl (C=O) groups is 1. The molecule has 208 valence electrons. The van der Waals surface area contributed by atoms with Gasteiger partial charge in [0.1, 0.15) is 5.82 Å². The van der Waals surface area contributed by atoms with Gasteiger partial charge in [0.25, 0.3) is 0 Å². The zero-order chi connectivity index (χ0) is 27.5. The number of halogens is 1. The Morgan fingerprint density at radius 2 is 1.56 bits per heavy atom. The van der Waals surface area contributed by atoms with Crippen molar-refractivity contribution in [1.29, 1.82) is 0 Å². The number of benzene rings is 2. The third-order valence-electron chi connectivity index (χ3n) is 7.66. The lowest BCUT2D eigenvalue weighted by Crippen LogP contribution is -2.35. The molecule has 1 aliphatic heterocycles. The second-order valence-electron chi connectivity index (χ2n) is 10.7. The Bertz CT molecular complexity index is 1180. The van der Waals surface area contributed by atoms with Crippen LogP contribution in [0.15, 0.2) is 54.6 Å². The molecule has 2 heterocycles. The molecule has 0 aliphatic carbocycles. The molecule has 0 radical (unpaired) electrons. The zero-order valence-corrected chi connectivity index (χ0v) is 24.4. The van der Waals surface area contributed by atoms with Crippen molar-refractivity contribution in [3.8, 4) is 11.4 Å². The average molecular weight is 547 g/mol. The number of nitrogens with zero attached hydrogens (tertiary/aromatic N) is 4. The molecule has 0 saturated carbocycles. The highest BCUT2D eigenvalue weighted by atomic mass is 35.5. The van der Waals surface area contributed by atoms with E-state index in [1.165, 1.54) is 37.7 Å². The largest absolute Gasteiger partial charge is 0.354 e. The van der Waals surface area contributed by atoms with E-state index in [1.54, 1.807) is 0 Å². The van der Waals surface area contributed by atoms with Gasteiger partial charge >= 0.3 is 0 Å². The second-order valence-corrected chi connectivity index (χ2v) is 11.1. The number of aryl methyl sites for hydroxylation is 1. The third kappa shape index (κ3) is 8.53. The van der Waals surface area contributed by atoms with Crippen LogP contribution in [0.1, 0.15) is 81.5 Å². The van der Waals surface area contributed by atoms with E-state index in [-0.39, 0.29) is 0 Å². The van der Waals surface area contributed by atoms with Gasteiger partial charge in [0, 0.05) is 60.9 Å². The van der Waals surface area contributed by atoms with E-state index in [4.69, 9.17) is 21.6 Å². The lowest BCUT2D eigenvalue weighted by atomic mass is 10.0. The van der Waals surface area contributed by atoms with Gasteiger partial charge in [-0.2, -0.15) is 0 Å². The predicted molar refractivity (Wildman–Crippen MR) is 162 cm³/mol. The van der Waals surface area contributed by atoms with Gasteiger partial charge in [0.2, 0.25) is 5.91 Å². The molecule has 2 aromatic carbocycles. The van der Waals surface area contributed by atoms with Gasteiger partial charge in [0.15, 0.2) is 5.82 Å². The van der Waals surface area contributed by atoms with Gasteiger partial charge < -0.3 is 9.80 Å². The van der Waals surface area contributed by atoms with Crippen LogP contribution in [-0.4, -0.2) is 47.0 Å². The fourth-order valence-corrected chi connectivity index (χ4v) is 5.47. The predicted octanol–water partition coefficient (Wildman–Crippen LogP) is 7.88. The Hall–Kier alpha value is -2.92. The molecule has 0 spiro atoms. The fourth-order valence-electron chi connectivity index (χ4n) is 5.34. The Kier molecular flexibility index (Phi) is 11.2. The third-order valence-corrected chi connectivity index (χ3v) is 7.91. The van der Waals surface area contributed by atoms with E-state index >= 15 is 0 Å². The van der Waals surface area contributed by atoms with E-state index in [0.717, 1.165) is 85.3 Å². The molecule has 1 aromatic heterocycles. The summed E-state index contributed by atoms with van der Waals surface area (Å²) in [6, 6.07) is 18.2. The molecule has 1 fully saturated rings. The Labute approximate surface area is 239 Å². The minimum atomic E-state index is 0.302. The highest BCUT2D eigenvalue weighted by Crippen LogP contribution is 2.29. The fraction of sp³-hybridized carbons (Fsp3) is 0.485. The summed E-state index contributed by atoms with van der Waals surface area (Å²) >= 11 is 6.15. The molecule has 39 heavy (non-hydrogen) atoms. The summed E-state index contributed by atoms with van der Waals surface area (Å²) < 4.78 is 0. The first kappa shape index (κ1) is 29.1. The van der Waals surface area contributed by atoms with Gasteiger partial charge in [-0.05, 0) is 37.5 Å². The van der Waals surface area contributed by atoms with Gasteiger partial charge in [-0.1, -0.05) is 99.5 Å². The van der Waals surface area contributed by atoms with Gasteiger partial charge in [-0.3, -0.25) is 4.79 Å². The van der Waals surface area contributed by atoms with Crippen molar-refractivity contribution in [3.63, 3.8) is 0 Å². The Balaban J connectivity index is 1.47. The first-order chi connectivity index (χ1) is 19.0. The van der Waals surface area contributed by atoms with Crippen molar-refractivity contribution in [1.82, 2.24) is 14.9 Å². The van der Waals surface area contributed by atoms with Crippen molar-refractivity contribution in [2.75, 3.05) is 31.1 Å². The second kappa shape index (κ2) is 15.0. The lowest BCUT2D eigenvalue weighted by molar-refractivity contribution is -0.131. The summed E-state index contributed by atoms with van der Waals surface area (Å²) in [5, 5.41) is 0.736. The molecule has 3 aromatic rings. The number of unbranched alkanes of at least 4 members (excludes halogenated alkanes) is 6. The zero-order valence-electron chi connectivity index (χ0n) is 23.7. The van der Waals surface area contributed by atoms with Crippen LogP contribution in [0.4, 0.5) is 5.82 Å². The maximum absolute atomic E-state index is 13.0. The van der Waals surface area contributed by atoms with Gasteiger partial charge in [-0.25, -0.2) is 9.97 Å². The highest BCUT2D eigenvalue weighted by Gasteiger charge is 2.23. The summed E-state index contributed by atoms with van der Waals surface area (Å²) in [6.45, 7) is 7.53. The summed E-state index contributed by atoms with van der Waals surface area (Å²) in [5.41, 5.74) is 4.33. The molecule has 5 nitrogen and oxygen atoms in total. The molecule has 0 unspecified atom stereocenters. The molecular weight excluding hydrogens is 504 g/mol. The number of hydrogen-bond acceptors (Lipinski definition) is 4. The molecule has 4 rings (SSSR count). The first-order valence-corrected chi connectivity index (χ1v) is 15.1. The number of aromatic nitrogens is 2. The van der Waals surface area contributed by atoms with Crippen LogP contribution in [0, 0.1) is 6.92 Å². The van der Waals surface area contributed by atoms with Crippen LogP contribution in [0.3, 0.4) is 0 Å². The molecule has 0 bridgehead atoms. The van der Waals surface area contributed by atoms with E-state index in [1.807, 2.05) is 30.3 Å². The van der Waals surface area contributed by atoms with E-state index in [9.17, 15) is 4.79 Å². The SMILES string of the molecule is CCCCCCCCCC(=O)N1CCCN(c2nc(-c3ccccc3)nc(C)c2Cc2ccc(Cl)cc2)CC1. The summed E-state index contributed by atoms with van der Waals surface area (Å²) in [5.74, 6) is 2.03. The van der Waals surface area contributed by atoms with Crippen molar-refractivity contribution in [3.05, 3.63) is 76.4 Å². The summed E-state index contributed by atoms with van der Waals surface area (Å²) in [7, 11) is 0. The molecule has 0 atom stereocenters. The van der Waals surface area contributed by atoms with Crippen molar-refractivity contribution < 1.29 is 4.79 Å². The minimum Gasteiger partial charge on any atom is -0.354 e. The summed E-state index contributed by atoms with van der Waals surface area (Å²) in [4.78, 5) is 27.5. The van der Waals surface area contributed by atoms with Crippen LogP contribution in [0.25, 0.3) is 11.4 Å². The topological polar surface area (TPSA) is 49.3 Å². The van der Waals surface area contributed by atoms with E-state index < -0.39 is 0 Å². The van der Waals surface area contributed by atoms with Crippen molar-refractivity contribution in [2.24, 2.45) is 0 Å². The van der Waals surface area contributed by atoms with Crippen molar-refractivity contribution in [2.45, 2.75) is 78.1 Å². The van der Waals surface area contributed by atoms with Crippen LogP contribution >= 0.6 is 11.6 Å². The first-order valence-electron chi connectivity index (χ1n) is 14.7. The lowest BCUT2D eigenvalue weighted by Gasteiger charge is -2.26. The molecule has 6 heteroatoms. The summed E-state index contributed by atoms with van der Waals surface area (Å²) in [6.07, 6.45) is 11.0. The highest BCUT2D eigenvalue weighted by molar-refractivity contribution is 6.30. The number of carbonyl (C=O) groups excluding carboxylic acids is 1. The average Bonchev–Trinajstić information content (AvgIpc) is 3.21. The van der Waals surface area contributed by atoms with Crippen molar-refractivity contribution >= 4 is 23.3 Å². The van der Waals surface area contributed by atoms with Crippen LogP contribution in [-0.2, 0) is 11.2 Å². The molecule has 1 amide bonds. The Morgan fingerprint density at radius 3 is 2.31 bits per heavy atom. The minimum absolute atomic E-state index is 0.302. The van der Waals surface area contributed by atoms with Gasteiger partial charge in [0.05, 0.1) is 0 Å². The van der Waals surface area contributed by atoms with E-state index in [2.05, 4.69) is 47.9 Å². The van der Waals surface area contributed by atoms with E-state index in [0.29, 0.717) is 12.3 Å². The molecular formula is C33H43ClN4O. The van der Waals surface area contributed by atoms with Crippen LogP contribution in [0.2, 0.25) is 5.02 Å². The smallest absolute Gasteiger partial charge is 0.222 e. The molecule has 1 aliphatic rings. The number of amides is 1. The Morgan fingerprint density at radius 1 is 0.846 bits per heavy atom. The number of rotatable bonds is 12. The maximum Gasteiger partial charge on any atom is 0.222 e. The quantitative estimate of drug-likeness (QED) is 0.217. The number of anilines is 1. The standard InChI is InChI=1S/C33H43ClN4O/c1-3-4-5-6-7-8-12-16-31(39)37-21-13-22-38(24-23-37)33-30(25-27-17-19-29(34)20-18-27)26(2)35-32(36-33)28-14-10-9-11-15-28/h9-11,14-15,17-20H,3-8,12-13,16,21-25H2,1-2H3. The van der Waals surface area contributed by atoms with Gasteiger partial charge in [-0.15, -0.1) is 0 Å². The molecule has 1 saturated heterocycles. The number of hydrogen-bond donors (Lipinski definition) is 0. The maximum atomic E-state index is 13.0. The molecule has 0 N–H and O–H groups in total. The normalized spacial score (nSPS) is 13.9. The van der Waals surface area contributed by atoms with Crippen LogP contribution in [0.5, 0.6) is 0 Å².